The molecule has 0 bridgehead atoms. The number of amides is 1. The van der Waals surface area contributed by atoms with E-state index in [1.807, 2.05) is 17.9 Å². The SMILES string of the molecule is Cc1[nH]nc2ncc(C(=O)N3CCO[C@H]4CCCC[C@H]43)cc12. The monoisotopic (exact) mass is 300 g/mol. The summed E-state index contributed by atoms with van der Waals surface area (Å²) in [4.78, 5) is 19.2. The van der Waals surface area contributed by atoms with Crippen LogP contribution in [0.25, 0.3) is 11.0 Å². The minimum absolute atomic E-state index is 0.0650. The zero-order valence-electron chi connectivity index (χ0n) is 12.7. The zero-order valence-corrected chi connectivity index (χ0v) is 12.7. The predicted octanol–water partition coefficient (Wildman–Crippen LogP) is 2.05. The third-order valence-electron chi connectivity index (χ3n) is 4.84. The standard InChI is InChI=1S/C16H20N4O2/c1-10-12-8-11(9-17-15(12)19-18-10)16(21)20-6-7-22-14-5-3-2-4-13(14)20/h8-9,13-14H,2-7H2,1H3,(H,17,18,19)/t13-,14+/m1/s1. The van der Waals surface area contributed by atoms with Crippen LogP contribution in [-0.4, -0.2) is 51.3 Å². The van der Waals surface area contributed by atoms with Crippen LogP contribution in [0.2, 0.25) is 0 Å². The van der Waals surface area contributed by atoms with Gasteiger partial charge in [0.1, 0.15) is 0 Å². The lowest BCUT2D eigenvalue weighted by Gasteiger charge is -2.43. The molecule has 0 radical (unpaired) electrons. The summed E-state index contributed by atoms with van der Waals surface area (Å²) in [7, 11) is 0. The highest BCUT2D eigenvalue weighted by Crippen LogP contribution is 2.29. The van der Waals surface area contributed by atoms with Gasteiger partial charge in [-0.25, -0.2) is 4.98 Å². The molecule has 2 aliphatic rings. The van der Waals surface area contributed by atoms with Gasteiger partial charge in [0.05, 0.1) is 24.3 Å². The van der Waals surface area contributed by atoms with E-state index in [9.17, 15) is 4.79 Å². The second kappa shape index (κ2) is 5.35. The maximum Gasteiger partial charge on any atom is 0.255 e. The van der Waals surface area contributed by atoms with Crippen molar-refractivity contribution in [1.29, 1.82) is 0 Å². The van der Waals surface area contributed by atoms with Gasteiger partial charge in [-0.05, 0) is 25.8 Å². The molecule has 0 spiro atoms. The second-order valence-electron chi connectivity index (χ2n) is 6.20. The number of fused-ring (bicyclic) bond motifs is 2. The second-order valence-corrected chi connectivity index (χ2v) is 6.20. The number of nitrogens with one attached hydrogen (secondary N) is 1. The number of carbonyl (C=O) groups is 1. The lowest BCUT2D eigenvalue weighted by molar-refractivity contribution is -0.0752. The average Bonchev–Trinajstić information content (AvgIpc) is 2.94. The Hall–Kier alpha value is -1.95. The summed E-state index contributed by atoms with van der Waals surface area (Å²) < 4.78 is 5.85. The summed E-state index contributed by atoms with van der Waals surface area (Å²) in [6, 6.07) is 2.12. The van der Waals surface area contributed by atoms with E-state index in [4.69, 9.17) is 4.74 Å². The first-order valence-corrected chi connectivity index (χ1v) is 7.97. The number of nitrogens with zero attached hydrogens (tertiary/aromatic N) is 3. The molecule has 2 aromatic heterocycles. The van der Waals surface area contributed by atoms with Crippen molar-refractivity contribution < 1.29 is 9.53 Å². The maximum atomic E-state index is 12.9. The van der Waals surface area contributed by atoms with Crippen molar-refractivity contribution in [2.45, 2.75) is 44.8 Å². The number of aryl methyl sites for hydroxylation is 1. The molecular weight excluding hydrogens is 280 g/mol. The number of carbonyl (C=O) groups excluding carboxylic acids is 1. The summed E-state index contributed by atoms with van der Waals surface area (Å²) >= 11 is 0. The van der Waals surface area contributed by atoms with E-state index in [0.717, 1.165) is 23.9 Å². The molecule has 0 aromatic carbocycles. The number of H-pyrrole nitrogens is 1. The number of aromatic nitrogens is 3. The highest BCUT2D eigenvalue weighted by atomic mass is 16.5. The van der Waals surface area contributed by atoms with Gasteiger partial charge in [-0.15, -0.1) is 0 Å². The van der Waals surface area contributed by atoms with Gasteiger partial charge in [0.15, 0.2) is 5.65 Å². The molecule has 22 heavy (non-hydrogen) atoms. The number of ether oxygens (including phenoxy) is 1. The lowest BCUT2D eigenvalue weighted by atomic mass is 9.90. The predicted molar refractivity (Wildman–Crippen MR) is 81.7 cm³/mol. The maximum absolute atomic E-state index is 12.9. The fourth-order valence-electron chi connectivity index (χ4n) is 3.65. The van der Waals surface area contributed by atoms with Gasteiger partial charge in [-0.2, -0.15) is 5.10 Å². The van der Waals surface area contributed by atoms with Crippen molar-refractivity contribution in [2.24, 2.45) is 0 Å². The Labute approximate surface area is 128 Å². The molecule has 1 N–H and O–H groups in total. The van der Waals surface area contributed by atoms with E-state index in [0.29, 0.717) is 24.4 Å². The normalized spacial score (nSPS) is 25.2. The van der Waals surface area contributed by atoms with Crippen molar-refractivity contribution in [1.82, 2.24) is 20.1 Å². The smallest absolute Gasteiger partial charge is 0.255 e. The summed E-state index contributed by atoms with van der Waals surface area (Å²) in [5, 5.41) is 7.94. The third-order valence-corrected chi connectivity index (χ3v) is 4.84. The summed E-state index contributed by atoms with van der Waals surface area (Å²) in [5.74, 6) is 0.0650. The van der Waals surface area contributed by atoms with E-state index >= 15 is 0 Å². The van der Waals surface area contributed by atoms with Gasteiger partial charge in [0, 0.05) is 23.8 Å². The number of morpholine rings is 1. The molecule has 6 nitrogen and oxygen atoms in total. The molecule has 116 valence electrons. The van der Waals surface area contributed by atoms with Gasteiger partial charge in [0.2, 0.25) is 0 Å². The van der Waals surface area contributed by atoms with Crippen molar-refractivity contribution >= 4 is 16.9 Å². The Morgan fingerprint density at radius 1 is 1.41 bits per heavy atom. The number of rotatable bonds is 1. The Morgan fingerprint density at radius 3 is 3.18 bits per heavy atom. The Kier molecular flexibility index (Phi) is 3.33. The first-order valence-electron chi connectivity index (χ1n) is 7.97. The molecule has 2 atom stereocenters. The minimum Gasteiger partial charge on any atom is -0.374 e. The fourth-order valence-corrected chi connectivity index (χ4v) is 3.65. The number of hydrogen-bond acceptors (Lipinski definition) is 4. The molecule has 1 saturated carbocycles. The Balaban J connectivity index is 1.65. The summed E-state index contributed by atoms with van der Waals surface area (Å²) in [6.07, 6.45) is 6.32. The average molecular weight is 300 g/mol. The fraction of sp³-hybridized carbons (Fsp3) is 0.562. The first-order chi connectivity index (χ1) is 10.7. The van der Waals surface area contributed by atoms with Crippen molar-refractivity contribution in [2.75, 3.05) is 13.2 Å². The van der Waals surface area contributed by atoms with Gasteiger partial charge >= 0.3 is 0 Å². The van der Waals surface area contributed by atoms with Crippen LogP contribution in [0.15, 0.2) is 12.3 Å². The van der Waals surface area contributed by atoms with Gasteiger partial charge in [-0.3, -0.25) is 9.89 Å². The molecule has 2 fully saturated rings. The highest BCUT2D eigenvalue weighted by molar-refractivity contribution is 5.97. The minimum atomic E-state index is 0.0650. The van der Waals surface area contributed by atoms with Crippen LogP contribution >= 0.6 is 0 Å². The molecule has 3 heterocycles. The van der Waals surface area contributed by atoms with Crippen LogP contribution in [0.5, 0.6) is 0 Å². The Bertz CT molecular complexity index is 709. The largest absolute Gasteiger partial charge is 0.374 e. The van der Waals surface area contributed by atoms with Gasteiger partial charge in [0.25, 0.3) is 5.91 Å². The van der Waals surface area contributed by atoms with Crippen LogP contribution in [0, 0.1) is 6.92 Å². The molecule has 4 rings (SSSR count). The van der Waals surface area contributed by atoms with E-state index in [1.54, 1.807) is 6.20 Å². The van der Waals surface area contributed by atoms with Crippen LogP contribution in [0.1, 0.15) is 41.7 Å². The van der Waals surface area contributed by atoms with Crippen molar-refractivity contribution in [3.63, 3.8) is 0 Å². The van der Waals surface area contributed by atoms with Gasteiger partial charge < -0.3 is 9.64 Å². The van der Waals surface area contributed by atoms with Gasteiger partial charge in [-0.1, -0.05) is 12.8 Å². The van der Waals surface area contributed by atoms with Crippen LogP contribution in [0.3, 0.4) is 0 Å². The molecule has 6 heteroatoms. The van der Waals surface area contributed by atoms with Crippen LogP contribution in [0.4, 0.5) is 0 Å². The number of pyridine rings is 1. The molecule has 2 aromatic rings. The third kappa shape index (κ3) is 2.18. The van der Waals surface area contributed by atoms with Crippen molar-refractivity contribution in [3.05, 3.63) is 23.5 Å². The molecule has 1 saturated heterocycles. The lowest BCUT2D eigenvalue weighted by Crippen LogP contribution is -2.54. The van der Waals surface area contributed by atoms with Crippen molar-refractivity contribution in [3.8, 4) is 0 Å². The number of hydrogen-bond donors (Lipinski definition) is 1. The molecule has 1 aliphatic heterocycles. The molecule has 0 unspecified atom stereocenters. The molecular formula is C16H20N4O2. The molecule has 1 aliphatic carbocycles. The summed E-state index contributed by atoms with van der Waals surface area (Å²) in [6.45, 7) is 3.24. The van der Waals surface area contributed by atoms with Crippen LogP contribution < -0.4 is 0 Å². The highest BCUT2D eigenvalue weighted by Gasteiger charge is 2.37. The van der Waals surface area contributed by atoms with E-state index in [1.165, 1.54) is 12.8 Å². The molecule has 1 amide bonds. The first kappa shape index (κ1) is 13.7. The zero-order chi connectivity index (χ0) is 15.1. The van der Waals surface area contributed by atoms with E-state index in [-0.39, 0.29) is 18.1 Å². The van der Waals surface area contributed by atoms with E-state index < -0.39 is 0 Å². The summed E-state index contributed by atoms with van der Waals surface area (Å²) in [5.41, 5.74) is 2.24. The van der Waals surface area contributed by atoms with E-state index in [2.05, 4.69) is 15.2 Å². The topological polar surface area (TPSA) is 71.1 Å². The van der Waals surface area contributed by atoms with Crippen LogP contribution in [-0.2, 0) is 4.74 Å². The quantitative estimate of drug-likeness (QED) is 0.875. The number of aromatic amines is 1. The Morgan fingerprint density at radius 2 is 2.27 bits per heavy atom.